The normalized spacial score (nSPS) is 13.3. The van der Waals surface area contributed by atoms with Crippen LogP contribution < -0.4 is 10.6 Å². The van der Waals surface area contributed by atoms with Gasteiger partial charge in [-0.2, -0.15) is 0 Å². The maximum absolute atomic E-state index is 12.5. The Morgan fingerprint density at radius 2 is 2.14 bits per heavy atom. The van der Waals surface area contributed by atoms with Gasteiger partial charge >= 0.3 is 0 Å². The van der Waals surface area contributed by atoms with Crippen LogP contribution in [0.3, 0.4) is 0 Å². The van der Waals surface area contributed by atoms with Gasteiger partial charge in [0.25, 0.3) is 5.91 Å². The van der Waals surface area contributed by atoms with Gasteiger partial charge in [0.1, 0.15) is 6.33 Å². The Kier molecular flexibility index (Phi) is 4.92. The molecule has 1 fully saturated rings. The van der Waals surface area contributed by atoms with Gasteiger partial charge in [0.15, 0.2) is 11.6 Å². The van der Waals surface area contributed by atoms with E-state index in [0.29, 0.717) is 22.9 Å². The van der Waals surface area contributed by atoms with E-state index < -0.39 is 0 Å². The van der Waals surface area contributed by atoms with E-state index in [1.807, 2.05) is 30.5 Å². The number of benzene rings is 1. The van der Waals surface area contributed by atoms with Crippen LogP contribution in [0.5, 0.6) is 0 Å². The van der Waals surface area contributed by atoms with Crippen LogP contribution in [0.4, 0.5) is 11.5 Å². The second kappa shape index (κ2) is 7.52. The molecule has 28 heavy (non-hydrogen) atoms. The molecule has 0 bridgehead atoms. The first-order chi connectivity index (χ1) is 13.6. The van der Waals surface area contributed by atoms with Crippen LogP contribution in [0.15, 0.2) is 42.6 Å². The third-order valence-electron chi connectivity index (χ3n) is 4.71. The minimum absolute atomic E-state index is 0.0448. The molecule has 2 N–H and O–H groups in total. The zero-order valence-corrected chi connectivity index (χ0v) is 16.3. The summed E-state index contributed by atoms with van der Waals surface area (Å²) in [6, 6.07) is 6.11. The Hall–Kier alpha value is -3.06. The first kappa shape index (κ1) is 18.3. The van der Waals surface area contributed by atoms with E-state index >= 15 is 0 Å². The van der Waals surface area contributed by atoms with Crippen molar-refractivity contribution < 1.29 is 9.59 Å². The summed E-state index contributed by atoms with van der Waals surface area (Å²) in [6.07, 6.45) is 5.13. The Morgan fingerprint density at radius 3 is 2.89 bits per heavy atom. The molecule has 3 aromatic rings. The number of amides is 1. The standard InChI is InChI=1S/C21H20N4O2S/c1-3-15(26)9-13-6-4-5-12(2)17(13)25-20-19-18(22-11-23-20)16(10-28-19)21(27)24-14-7-8-14/h3-6,10-11,14H,1,7-9H2,2H3,(H,24,27)(H,22,23,25). The minimum atomic E-state index is -0.0911. The molecule has 0 atom stereocenters. The van der Waals surface area contributed by atoms with Crippen molar-refractivity contribution in [2.24, 2.45) is 0 Å². The summed E-state index contributed by atoms with van der Waals surface area (Å²) in [5, 5.41) is 8.19. The Morgan fingerprint density at radius 1 is 1.32 bits per heavy atom. The fourth-order valence-corrected chi connectivity index (χ4v) is 3.97. The van der Waals surface area contributed by atoms with Crippen LogP contribution in [0.1, 0.15) is 34.3 Å². The van der Waals surface area contributed by atoms with Gasteiger partial charge in [-0.1, -0.05) is 24.8 Å². The van der Waals surface area contributed by atoms with Gasteiger partial charge in [-0.25, -0.2) is 9.97 Å². The molecule has 0 saturated heterocycles. The van der Waals surface area contributed by atoms with Gasteiger partial charge in [-0.05, 0) is 37.0 Å². The highest BCUT2D eigenvalue weighted by atomic mass is 32.1. The summed E-state index contributed by atoms with van der Waals surface area (Å²) in [6.45, 7) is 5.53. The lowest BCUT2D eigenvalue weighted by atomic mass is 10.0. The summed E-state index contributed by atoms with van der Waals surface area (Å²) < 4.78 is 0.813. The van der Waals surface area contributed by atoms with Crippen molar-refractivity contribution in [3.8, 4) is 0 Å². The van der Waals surface area contributed by atoms with E-state index in [-0.39, 0.29) is 18.1 Å². The minimum Gasteiger partial charge on any atom is -0.349 e. The number of ketones is 1. The number of fused-ring (bicyclic) bond motifs is 1. The van der Waals surface area contributed by atoms with Gasteiger partial charge in [0.05, 0.1) is 15.8 Å². The van der Waals surface area contributed by atoms with Gasteiger partial charge in [0.2, 0.25) is 0 Å². The number of nitrogens with zero attached hydrogens (tertiary/aromatic N) is 2. The van der Waals surface area contributed by atoms with Crippen molar-refractivity contribution in [3.05, 3.63) is 59.3 Å². The van der Waals surface area contributed by atoms with Gasteiger partial charge < -0.3 is 10.6 Å². The molecule has 4 rings (SSSR count). The highest BCUT2D eigenvalue weighted by molar-refractivity contribution is 7.18. The number of rotatable bonds is 7. The Balaban J connectivity index is 1.69. The van der Waals surface area contributed by atoms with Gasteiger partial charge in [0, 0.05) is 23.5 Å². The summed E-state index contributed by atoms with van der Waals surface area (Å²) in [5.41, 5.74) is 3.93. The molecule has 1 aliphatic carbocycles. The maximum atomic E-state index is 12.5. The first-order valence-electron chi connectivity index (χ1n) is 9.10. The van der Waals surface area contributed by atoms with Crippen molar-refractivity contribution in [3.63, 3.8) is 0 Å². The van der Waals surface area contributed by atoms with Crippen LogP contribution in [0.25, 0.3) is 10.2 Å². The molecule has 0 spiro atoms. The third kappa shape index (κ3) is 3.66. The molecule has 2 aromatic heterocycles. The first-order valence-corrected chi connectivity index (χ1v) is 9.98. The molecule has 0 radical (unpaired) electrons. The highest BCUT2D eigenvalue weighted by Gasteiger charge is 2.26. The molecule has 7 heteroatoms. The smallest absolute Gasteiger partial charge is 0.254 e. The molecule has 2 heterocycles. The SMILES string of the molecule is C=CC(=O)Cc1cccc(C)c1Nc1ncnc2c(C(=O)NC3CC3)csc12. The number of carbonyl (C=O) groups excluding carboxylic acids is 2. The monoisotopic (exact) mass is 392 g/mol. The average molecular weight is 392 g/mol. The molecule has 1 aromatic carbocycles. The number of anilines is 2. The summed E-state index contributed by atoms with van der Waals surface area (Å²) in [5.74, 6) is 0.491. The lowest BCUT2D eigenvalue weighted by molar-refractivity contribution is -0.114. The molecular formula is C21H20N4O2S. The number of aromatic nitrogens is 2. The topological polar surface area (TPSA) is 84.0 Å². The number of hydrogen-bond acceptors (Lipinski definition) is 6. The van der Waals surface area contributed by atoms with Gasteiger partial charge in [-0.15, -0.1) is 11.3 Å². The lowest BCUT2D eigenvalue weighted by Crippen LogP contribution is -2.25. The number of allylic oxidation sites excluding steroid dienone is 1. The van der Waals surface area contributed by atoms with Crippen molar-refractivity contribution >= 4 is 44.7 Å². The number of para-hydroxylation sites is 1. The molecule has 0 unspecified atom stereocenters. The average Bonchev–Trinajstić information content (AvgIpc) is 3.39. The fraction of sp³-hybridized carbons (Fsp3) is 0.238. The number of aryl methyl sites for hydroxylation is 1. The lowest BCUT2D eigenvalue weighted by Gasteiger charge is -2.14. The molecule has 142 valence electrons. The zero-order chi connectivity index (χ0) is 19.7. The van der Waals surface area contributed by atoms with Crippen LogP contribution in [-0.4, -0.2) is 27.7 Å². The summed E-state index contributed by atoms with van der Waals surface area (Å²) >= 11 is 1.43. The summed E-state index contributed by atoms with van der Waals surface area (Å²) in [4.78, 5) is 33.0. The molecule has 1 saturated carbocycles. The van der Waals surface area contributed by atoms with E-state index in [9.17, 15) is 9.59 Å². The highest BCUT2D eigenvalue weighted by Crippen LogP contribution is 2.33. The Labute approximate surface area is 166 Å². The number of nitrogens with one attached hydrogen (secondary N) is 2. The van der Waals surface area contributed by atoms with Crippen LogP contribution in [-0.2, 0) is 11.2 Å². The van der Waals surface area contributed by atoms with Crippen LogP contribution in [0, 0.1) is 6.92 Å². The van der Waals surface area contributed by atoms with Crippen molar-refractivity contribution in [1.29, 1.82) is 0 Å². The van der Waals surface area contributed by atoms with E-state index in [0.717, 1.165) is 34.4 Å². The van der Waals surface area contributed by atoms with Crippen LogP contribution >= 0.6 is 11.3 Å². The van der Waals surface area contributed by atoms with E-state index in [1.54, 1.807) is 0 Å². The molecule has 1 amide bonds. The van der Waals surface area contributed by atoms with Gasteiger partial charge in [-0.3, -0.25) is 9.59 Å². The molecule has 6 nitrogen and oxygen atoms in total. The second-order valence-electron chi connectivity index (χ2n) is 6.88. The zero-order valence-electron chi connectivity index (χ0n) is 15.5. The van der Waals surface area contributed by atoms with Crippen molar-refractivity contribution in [2.45, 2.75) is 32.2 Å². The predicted molar refractivity (Wildman–Crippen MR) is 111 cm³/mol. The van der Waals surface area contributed by atoms with E-state index in [1.165, 1.54) is 23.7 Å². The molecular weight excluding hydrogens is 372 g/mol. The number of hydrogen-bond donors (Lipinski definition) is 2. The predicted octanol–water partition coefficient (Wildman–Crippen LogP) is 3.93. The fourth-order valence-electron chi connectivity index (χ4n) is 3.02. The largest absolute Gasteiger partial charge is 0.349 e. The maximum Gasteiger partial charge on any atom is 0.254 e. The van der Waals surface area contributed by atoms with Crippen molar-refractivity contribution in [2.75, 3.05) is 5.32 Å². The van der Waals surface area contributed by atoms with E-state index in [2.05, 4.69) is 27.2 Å². The Bertz CT molecular complexity index is 1090. The molecule has 0 aliphatic heterocycles. The van der Waals surface area contributed by atoms with Crippen LogP contribution in [0.2, 0.25) is 0 Å². The number of thiophene rings is 1. The quantitative estimate of drug-likeness (QED) is 0.595. The summed E-state index contributed by atoms with van der Waals surface area (Å²) in [7, 11) is 0. The van der Waals surface area contributed by atoms with Crippen molar-refractivity contribution in [1.82, 2.24) is 15.3 Å². The van der Waals surface area contributed by atoms with E-state index in [4.69, 9.17) is 0 Å². The second-order valence-corrected chi connectivity index (χ2v) is 7.76. The molecule has 1 aliphatic rings. The third-order valence-corrected chi connectivity index (χ3v) is 5.68. The number of carbonyl (C=O) groups is 2.